The van der Waals surface area contributed by atoms with Gasteiger partial charge in [-0.15, -0.1) is 0 Å². The molecule has 0 aliphatic rings. The lowest BCUT2D eigenvalue weighted by atomic mass is 9.75. The normalized spacial score (nSPS) is 13.2. The van der Waals surface area contributed by atoms with Gasteiger partial charge in [0.15, 0.2) is 0 Å². The van der Waals surface area contributed by atoms with Gasteiger partial charge in [-0.25, -0.2) is 0 Å². The van der Waals surface area contributed by atoms with Crippen molar-refractivity contribution in [3.8, 4) is 5.75 Å². The molecule has 0 heterocycles. The van der Waals surface area contributed by atoms with Crippen LogP contribution in [0.4, 0.5) is 0 Å². The van der Waals surface area contributed by atoms with Crippen LogP contribution in [0.1, 0.15) is 85.9 Å². The van der Waals surface area contributed by atoms with Crippen molar-refractivity contribution in [2.75, 3.05) is 0 Å². The molecule has 0 aliphatic carbocycles. The predicted molar refractivity (Wildman–Crippen MR) is 101 cm³/mol. The molecule has 1 aromatic rings. The molecule has 0 N–H and O–H groups in total. The van der Waals surface area contributed by atoms with E-state index in [2.05, 4.69) is 81.4 Å². The highest BCUT2D eigenvalue weighted by atomic mass is 27.1. The van der Waals surface area contributed by atoms with Crippen LogP contribution < -0.4 is 3.79 Å². The molecule has 2 heteroatoms. The molecule has 1 nitrogen and oxygen atoms in total. The summed E-state index contributed by atoms with van der Waals surface area (Å²) in [5, 5.41) is 1.17. The lowest BCUT2D eigenvalue weighted by molar-refractivity contribution is 0.486. The van der Waals surface area contributed by atoms with E-state index >= 15 is 0 Å². The van der Waals surface area contributed by atoms with Crippen LogP contribution in [0.2, 0.25) is 5.28 Å². The number of hydrogen-bond acceptors (Lipinski definition) is 1. The van der Waals surface area contributed by atoms with Crippen molar-refractivity contribution < 1.29 is 3.79 Å². The standard InChI is InChI=1S/C18H30O.C2H5.Al.H/c1-16(2,3)12-10-13(17(4,5)6)15(19)14(11-12)18(7,8)9;1-2;;/h10-11,19H,1-9H3;1H2,2H3;;/q;;+1;/p-1. The highest BCUT2D eigenvalue weighted by Gasteiger charge is 2.29. The first-order valence-electron chi connectivity index (χ1n) is 8.60. The summed E-state index contributed by atoms with van der Waals surface area (Å²) in [6.45, 7) is 22.9. The molecule has 0 spiro atoms. The Balaban J connectivity index is 3.70. The van der Waals surface area contributed by atoms with Crippen molar-refractivity contribution in [2.24, 2.45) is 0 Å². The molecule has 0 bridgehead atoms. The third-order valence-corrected chi connectivity index (χ3v) is 4.92. The lowest BCUT2D eigenvalue weighted by Crippen LogP contribution is -2.23. The quantitative estimate of drug-likeness (QED) is 0.645. The Kier molecular flexibility index (Phi) is 5.86. The van der Waals surface area contributed by atoms with Crippen LogP contribution in [-0.4, -0.2) is 15.6 Å². The van der Waals surface area contributed by atoms with Crippen LogP contribution in [0, 0.1) is 0 Å². The topological polar surface area (TPSA) is 9.23 Å². The number of rotatable bonds is 3. The molecule has 1 aromatic carbocycles. The second-order valence-corrected chi connectivity index (χ2v) is 11.2. The average Bonchev–Trinajstić information content (AvgIpc) is 2.31. The Morgan fingerprint density at radius 1 is 0.773 bits per heavy atom. The van der Waals surface area contributed by atoms with Gasteiger partial charge >= 0.3 is 15.6 Å². The van der Waals surface area contributed by atoms with Gasteiger partial charge in [0.2, 0.25) is 0 Å². The molecule has 124 valence electrons. The van der Waals surface area contributed by atoms with E-state index in [-0.39, 0.29) is 16.2 Å². The highest BCUT2D eigenvalue weighted by Crippen LogP contribution is 2.42. The van der Waals surface area contributed by atoms with Gasteiger partial charge in [0, 0.05) is 0 Å². The van der Waals surface area contributed by atoms with Gasteiger partial charge in [-0.3, -0.25) is 0 Å². The van der Waals surface area contributed by atoms with E-state index in [1.54, 1.807) is 0 Å². The van der Waals surface area contributed by atoms with Crippen molar-refractivity contribution in [1.29, 1.82) is 0 Å². The first-order valence-corrected chi connectivity index (χ1v) is 10.2. The average molecular weight is 318 g/mol. The van der Waals surface area contributed by atoms with Gasteiger partial charge in [0.1, 0.15) is 0 Å². The molecule has 22 heavy (non-hydrogen) atoms. The Bertz CT molecular complexity index is 475. The fraction of sp³-hybridized carbons (Fsp3) is 0.700. The SMILES string of the molecule is C[CH2][AlH][O]c1c(C(C)(C)C)cc(C(C)(C)C)cc1C(C)(C)C. The summed E-state index contributed by atoms with van der Waals surface area (Å²) in [5.74, 6) is 1.17. The van der Waals surface area contributed by atoms with Crippen molar-refractivity contribution in [2.45, 2.75) is 90.8 Å². The van der Waals surface area contributed by atoms with Gasteiger partial charge in [0.25, 0.3) is 0 Å². The molecule has 0 amide bonds. The summed E-state index contributed by atoms with van der Waals surface area (Å²) in [5.41, 5.74) is 4.49. The van der Waals surface area contributed by atoms with E-state index in [1.807, 2.05) is 0 Å². The first-order chi connectivity index (χ1) is 9.78. The molecule has 0 radical (unpaired) electrons. The van der Waals surface area contributed by atoms with E-state index in [9.17, 15) is 0 Å². The van der Waals surface area contributed by atoms with Crippen molar-refractivity contribution in [1.82, 2.24) is 0 Å². The third-order valence-electron chi connectivity index (χ3n) is 4.02. The molecule has 0 saturated carbocycles. The predicted octanol–water partition coefficient (Wildman–Crippen LogP) is 5.75. The number of hydrogen-bond donors (Lipinski definition) is 0. The Morgan fingerprint density at radius 2 is 1.18 bits per heavy atom. The van der Waals surface area contributed by atoms with Gasteiger partial charge < -0.3 is 3.79 Å². The molecular weight excluding hydrogens is 283 g/mol. The summed E-state index contributed by atoms with van der Waals surface area (Å²) < 4.78 is 6.38. The van der Waals surface area contributed by atoms with Crippen LogP contribution in [0.5, 0.6) is 5.75 Å². The molecule has 0 aromatic heterocycles. The van der Waals surface area contributed by atoms with E-state index in [1.165, 1.54) is 27.7 Å². The molecule has 0 fully saturated rings. The minimum absolute atomic E-state index is 0.0960. The van der Waals surface area contributed by atoms with Crippen molar-refractivity contribution in [3.63, 3.8) is 0 Å². The summed E-state index contributed by atoms with van der Waals surface area (Å²) in [4.78, 5) is 0. The van der Waals surface area contributed by atoms with Crippen LogP contribution in [-0.2, 0) is 16.2 Å². The molecule has 0 atom stereocenters. The molecule has 1 rings (SSSR count). The summed E-state index contributed by atoms with van der Waals surface area (Å²) in [6, 6.07) is 4.77. The Morgan fingerprint density at radius 3 is 1.45 bits per heavy atom. The summed E-state index contributed by atoms with van der Waals surface area (Å²) in [7, 11) is 0. The lowest BCUT2D eigenvalue weighted by Gasteiger charge is -2.34. The van der Waals surface area contributed by atoms with E-state index in [0.29, 0.717) is 0 Å². The Hall–Kier alpha value is -0.448. The van der Waals surface area contributed by atoms with Crippen molar-refractivity contribution in [3.05, 3.63) is 28.8 Å². The summed E-state index contributed by atoms with van der Waals surface area (Å²) in [6.07, 6.45) is 0. The first kappa shape index (κ1) is 19.6. The maximum atomic E-state index is 6.38. The van der Waals surface area contributed by atoms with E-state index < -0.39 is 15.6 Å². The van der Waals surface area contributed by atoms with Crippen molar-refractivity contribution >= 4 is 15.6 Å². The third kappa shape index (κ3) is 4.77. The summed E-state index contributed by atoms with van der Waals surface area (Å²) >= 11 is -0.482. The Labute approximate surface area is 144 Å². The van der Waals surface area contributed by atoms with Crippen LogP contribution in [0.25, 0.3) is 0 Å². The zero-order chi connectivity index (χ0) is 17.3. The minimum Gasteiger partial charge on any atom is -0.645 e. The minimum atomic E-state index is -0.482. The fourth-order valence-corrected chi connectivity index (χ4v) is 3.25. The van der Waals surface area contributed by atoms with Crippen LogP contribution >= 0.6 is 0 Å². The van der Waals surface area contributed by atoms with Gasteiger partial charge in [-0.05, 0) is 32.9 Å². The highest BCUT2D eigenvalue weighted by molar-refractivity contribution is 6.28. The van der Waals surface area contributed by atoms with Gasteiger partial charge in [-0.2, -0.15) is 0 Å². The zero-order valence-electron chi connectivity index (χ0n) is 16.5. The molecule has 0 saturated heterocycles. The van der Waals surface area contributed by atoms with E-state index in [4.69, 9.17) is 3.79 Å². The molecule has 0 unspecified atom stereocenters. The van der Waals surface area contributed by atoms with Gasteiger partial charge in [0.05, 0.1) is 5.75 Å². The molecule has 0 aliphatic heterocycles. The second-order valence-electron chi connectivity index (χ2n) is 9.50. The second kappa shape index (κ2) is 6.58. The van der Waals surface area contributed by atoms with E-state index in [0.717, 1.165) is 0 Å². The van der Waals surface area contributed by atoms with Gasteiger partial charge in [-0.1, -0.05) is 86.7 Å². The van der Waals surface area contributed by atoms with Crippen LogP contribution in [0.3, 0.4) is 0 Å². The maximum absolute atomic E-state index is 6.38. The zero-order valence-corrected chi connectivity index (χ0v) is 17.9. The smallest absolute Gasteiger partial charge is 0.521 e. The largest absolute Gasteiger partial charge is 0.645 e. The maximum Gasteiger partial charge on any atom is 0.521 e. The monoisotopic (exact) mass is 318 g/mol. The fourth-order valence-electron chi connectivity index (χ4n) is 2.54. The van der Waals surface area contributed by atoms with Crippen LogP contribution in [0.15, 0.2) is 12.1 Å². The number of benzene rings is 1. The molecular formula is C20H35AlO.